The molecule has 4 nitrogen and oxygen atoms in total. The molecule has 0 aliphatic carbocycles. The molecule has 1 atom stereocenters. The van der Waals surface area contributed by atoms with E-state index in [1.54, 1.807) is 18.9 Å². The van der Waals surface area contributed by atoms with Gasteiger partial charge in [-0.25, -0.2) is 0 Å². The molecule has 16 heavy (non-hydrogen) atoms. The normalized spacial score (nSPS) is 14.9. The maximum absolute atomic E-state index is 11.5. The molecule has 0 saturated carbocycles. The molecule has 0 spiro atoms. The third kappa shape index (κ3) is 6.80. The second kappa shape index (κ2) is 6.86. The number of likely N-dealkylation sites (N-methyl/N-ethyl adjacent to an activating group) is 1. The van der Waals surface area contributed by atoms with Crippen molar-refractivity contribution in [3.63, 3.8) is 0 Å². The average molecular weight is 230 g/mol. The van der Waals surface area contributed by atoms with Gasteiger partial charge in [0.2, 0.25) is 5.91 Å². The fourth-order valence-corrected chi connectivity index (χ4v) is 1.70. The van der Waals surface area contributed by atoms with E-state index in [1.165, 1.54) is 0 Å². The second-order valence-electron chi connectivity index (χ2n) is 5.11. The first-order chi connectivity index (χ1) is 7.28. The Labute approximate surface area is 99.0 Å². The maximum atomic E-state index is 11.5. The van der Waals surface area contributed by atoms with Crippen LogP contribution in [-0.4, -0.2) is 48.2 Å². The Morgan fingerprint density at radius 2 is 2.06 bits per heavy atom. The van der Waals surface area contributed by atoms with E-state index in [-0.39, 0.29) is 5.91 Å². The van der Waals surface area contributed by atoms with Crippen LogP contribution in [-0.2, 0) is 4.79 Å². The molecule has 0 fully saturated rings. The summed E-state index contributed by atoms with van der Waals surface area (Å²) in [6.45, 7) is 9.34. The molecule has 96 valence electrons. The minimum Gasteiger partial charge on any atom is -0.389 e. The summed E-state index contributed by atoms with van der Waals surface area (Å²) in [6.07, 6.45) is 0.734. The molecule has 0 aliphatic rings. The molecule has 1 unspecified atom stereocenters. The summed E-state index contributed by atoms with van der Waals surface area (Å²) in [5.74, 6) is 0.508. The van der Waals surface area contributed by atoms with Gasteiger partial charge in [-0.15, -0.1) is 0 Å². The number of hydrogen-bond acceptors (Lipinski definition) is 3. The topological polar surface area (TPSA) is 52.6 Å². The van der Waals surface area contributed by atoms with Crippen LogP contribution in [0.4, 0.5) is 0 Å². The number of nitrogens with zero attached hydrogens (tertiary/aromatic N) is 1. The van der Waals surface area contributed by atoms with Gasteiger partial charge >= 0.3 is 0 Å². The lowest BCUT2D eigenvalue weighted by molar-refractivity contribution is -0.128. The predicted octanol–water partition coefficient (Wildman–Crippen LogP) is 0.851. The SMILES string of the molecule is CCN(C)C(=O)CNCC(C)(O)CC(C)C. The minimum atomic E-state index is -0.737. The quantitative estimate of drug-likeness (QED) is 0.682. The smallest absolute Gasteiger partial charge is 0.236 e. The fraction of sp³-hybridized carbons (Fsp3) is 0.917. The van der Waals surface area contributed by atoms with E-state index in [0.717, 1.165) is 6.42 Å². The third-order valence-corrected chi connectivity index (χ3v) is 2.53. The van der Waals surface area contributed by atoms with Crippen molar-refractivity contribution in [2.75, 3.05) is 26.7 Å². The summed E-state index contributed by atoms with van der Waals surface area (Å²) in [7, 11) is 1.77. The van der Waals surface area contributed by atoms with Crippen molar-refractivity contribution in [2.45, 2.75) is 39.7 Å². The first-order valence-corrected chi connectivity index (χ1v) is 5.95. The van der Waals surface area contributed by atoms with E-state index in [1.807, 2.05) is 6.92 Å². The van der Waals surface area contributed by atoms with Gasteiger partial charge in [-0.3, -0.25) is 4.79 Å². The molecule has 0 heterocycles. The molecular weight excluding hydrogens is 204 g/mol. The van der Waals surface area contributed by atoms with Crippen LogP contribution in [0.3, 0.4) is 0 Å². The zero-order valence-electron chi connectivity index (χ0n) is 11.2. The predicted molar refractivity (Wildman–Crippen MR) is 66.3 cm³/mol. The van der Waals surface area contributed by atoms with Gasteiger partial charge in [0.05, 0.1) is 12.1 Å². The molecule has 4 heteroatoms. The zero-order valence-corrected chi connectivity index (χ0v) is 11.2. The Bertz CT molecular complexity index is 215. The number of aliphatic hydroxyl groups is 1. The number of carbonyl (C=O) groups is 1. The summed E-state index contributed by atoms with van der Waals surface area (Å²) < 4.78 is 0. The lowest BCUT2D eigenvalue weighted by Gasteiger charge is -2.26. The van der Waals surface area contributed by atoms with Crippen molar-refractivity contribution in [1.82, 2.24) is 10.2 Å². The van der Waals surface area contributed by atoms with Crippen LogP contribution in [0.5, 0.6) is 0 Å². The van der Waals surface area contributed by atoms with Crippen molar-refractivity contribution < 1.29 is 9.90 Å². The van der Waals surface area contributed by atoms with Gasteiger partial charge in [0.1, 0.15) is 0 Å². The van der Waals surface area contributed by atoms with Gasteiger partial charge in [-0.05, 0) is 26.2 Å². The van der Waals surface area contributed by atoms with Gasteiger partial charge < -0.3 is 15.3 Å². The van der Waals surface area contributed by atoms with Crippen molar-refractivity contribution in [3.05, 3.63) is 0 Å². The maximum Gasteiger partial charge on any atom is 0.236 e. The molecular formula is C12H26N2O2. The van der Waals surface area contributed by atoms with E-state index in [4.69, 9.17) is 0 Å². The fourth-order valence-electron chi connectivity index (χ4n) is 1.70. The highest BCUT2D eigenvalue weighted by molar-refractivity contribution is 5.77. The van der Waals surface area contributed by atoms with Crippen molar-refractivity contribution >= 4 is 5.91 Å². The molecule has 0 aliphatic heterocycles. The number of nitrogens with one attached hydrogen (secondary N) is 1. The Hall–Kier alpha value is -0.610. The van der Waals surface area contributed by atoms with Gasteiger partial charge in [0.25, 0.3) is 0 Å². The Morgan fingerprint density at radius 1 is 1.50 bits per heavy atom. The first-order valence-electron chi connectivity index (χ1n) is 5.95. The molecule has 0 rings (SSSR count). The number of amides is 1. The zero-order chi connectivity index (χ0) is 12.8. The molecule has 1 amide bonds. The molecule has 0 radical (unpaired) electrons. The molecule has 0 bridgehead atoms. The molecule has 0 aromatic carbocycles. The molecule has 2 N–H and O–H groups in total. The number of carbonyl (C=O) groups excluding carboxylic acids is 1. The highest BCUT2D eigenvalue weighted by Crippen LogP contribution is 2.14. The van der Waals surface area contributed by atoms with E-state index < -0.39 is 5.60 Å². The lowest BCUT2D eigenvalue weighted by Crippen LogP contribution is -2.43. The lowest BCUT2D eigenvalue weighted by atomic mass is 9.94. The van der Waals surface area contributed by atoms with Gasteiger partial charge in [0.15, 0.2) is 0 Å². The molecule has 0 aromatic heterocycles. The monoisotopic (exact) mass is 230 g/mol. The van der Waals surface area contributed by atoms with E-state index in [0.29, 0.717) is 25.6 Å². The van der Waals surface area contributed by atoms with Crippen molar-refractivity contribution in [1.29, 1.82) is 0 Å². The minimum absolute atomic E-state index is 0.0582. The number of rotatable bonds is 7. The number of hydrogen-bond donors (Lipinski definition) is 2. The van der Waals surface area contributed by atoms with Crippen molar-refractivity contribution in [2.24, 2.45) is 5.92 Å². The van der Waals surface area contributed by atoms with E-state index >= 15 is 0 Å². The second-order valence-corrected chi connectivity index (χ2v) is 5.11. The van der Waals surface area contributed by atoms with E-state index in [9.17, 15) is 9.90 Å². The van der Waals surface area contributed by atoms with Crippen molar-refractivity contribution in [3.8, 4) is 0 Å². The van der Waals surface area contributed by atoms with Crippen LogP contribution in [0.2, 0.25) is 0 Å². The Balaban J connectivity index is 3.84. The van der Waals surface area contributed by atoms with Gasteiger partial charge in [0, 0.05) is 20.1 Å². The summed E-state index contributed by atoms with van der Waals surface area (Å²) in [6, 6.07) is 0. The summed E-state index contributed by atoms with van der Waals surface area (Å²) in [5, 5.41) is 13.0. The Kier molecular flexibility index (Phi) is 6.60. The highest BCUT2D eigenvalue weighted by Gasteiger charge is 2.21. The Morgan fingerprint density at radius 3 is 2.50 bits per heavy atom. The third-order valence-electron chi connectivity index (χ3n) is 2.53. The van der Waals surface area contributed by atoms with E-state index in [2.05, 4.69) is 19.2 Å². The van der Waals surface area contributed by atoms with Crippen LogP contribution in [0.1, 0.15) is 34.1 Å². The molecule has 0 aromatic rings. The van der Waals surface area contributed by atoms with Crippen LogP contribution < -0.4 is 5.32 Å². The van der Waals surface area contributed by atoms with Crippen LogP contribution in [0.25, 0.3) is 0 Å². The van der Waals surface area contributed by atoms with Gasteiger partial charge in [-0.2, -0.15) is 0 Å². The summed E-state index contributed by atoms with van der Waals surface area (Å²) >= 11 is 0. The molecule has 0 saturated heterocycles. The van der Waals surface area contributed by atoms with Crippen LogP contribution >= 0.6 is 0 Å². The summed E-state index contributed by atoms with van der Waals surface area (Å²) in [5.41, 5.74) is -0.737. The van der Waals surface area contributed by atoms with Crippen LogP contribution in [0.15, 0.2) is 0 Å². The summed E-state index contributed by atoms with van der Waals surface area (Å²) in [4.78, 5) is 13.1. The first kappa shape index (κ1) is 15.4. The van der Waals surface area contributed by atoms with Gasteiger partial charge in [-0.1, -0.05) is 13.8 Å². The highest BCUT2D eigenvalue weighted by atomic mass is 16.3. The van der Waals surface area contributed by atoms with Crippen LogP contribution in [0, 0.1) is 5.92 Å². The standard InChI is InChI=1S/C12H26N2O2/c1-6-14(5)11(15)8-13-9-12(4,16)7-10(2)3/h10,13,16H,6-9H2,1-5H3. The average Bonchev–Trinajstić information content (AvgIpc) is 2.13. The largest absolute Gasteiger partial charge is 0.389 e.